The lowest BCUT2D eigenvalue weighted by Gasteiger charge is -2.04. The van der Waals surface area contributed by atoms with Crippen LogP contribution in [0.4, 0.5) is 0 Å². The quantitative estimate of drug-likeness (QED) is 0.368. The number of allylic oxidation sites excluding steroid dienone is 12. The molecule has 0 bridgehead atoms. The van der Waals surface area contributed by atoms with Gasteiger partial charge in [-0.2, -0.15) is 0 Å². The maximum Gasteiger partial charge on any atom is 0.122 e. The first-order valence-electron chi connectivity index (χ1n) is 10.6. The highest BCUT2D eigenvalue weighted by Gasteiger charge is 2.35. The van der Waals surface area contributed by atoms with Gasteiger partial charge in [-0.3, -0.25) is 0 Å². The minimum absolute atomic E-state index is 1.03. The van der Waals surface area contributed by atoms with Crippen molar-refractivity contribution in [3.8, 4) is 35.5 Å². The summed E-state index contributed by atoms with van der Waals surface area (Å²) in [6, 6.07) is 16.8. The highest BCUT2D eigenvalue weighted by atomic mass is 14.3. The van der Waals surface area contributed by atoms with Crippen molar-refractivity contribution >= 4 is 16.7 Å². The minimum atomic E-state index is 1.03. The second kappa shape index (κ2) is 7.52. The van der Waals surface area contributed by atoms with Gasteiger partial charge in [0.1, 0.15) is 16.7 Å². The van der Waals surface area contributed by atoms with E-state index < -0.39 is 0 Å². The van der Waals surface area contributed by atoms with Gasteiger partial charge in [-0.25, -0.2) is 0 Å². The Morgan fingerprint density at radius 2 is 1.44 bits per heavy atom. The molecular weight excluding hydrogens is 384 g/mol. The molecule has 4 aliphatic carbocycles. The van der Waals surface area contributed by atoms with E-state index in [1.54, 1.807) is 0 Å². The van der Waals surface area contributed by atoms with E-state index in [0.717, 1.165) is 11.1 Å². The SMILES string of the molecule is C(#CC#CC1=C2C=CC=C[C+]2c2ccccc21)C#CC1=C2[CH+]C=CC=C2c2ccccc21. The van der Waals surface area contributed by atoms with Crippen LogP contribution in [0.3, 0.4) is 0 Å². The van der Waals surface area contributed by atoms with Crippen LogP contribution >= 0.6 is 0 Å². The molecule has 2 aromatic carbocycles. The molecule has 0 radical (unpaired) electrons. The van der Waals surface area contributed by atoms with Gasteiger partial charge in [0.15, 0.2) is 0 Å². The summed E-state index contributed by atoms with van der Waals surface area (Å²) in [5.74, 6) is 19.7. The van der Waals surface area contributed by atoms with Crippen molar-refractivity contribution in [2.45, 2.75) is 0 Å². The standard InChI is InChI=1S/C32H16/c1(3-13-23-25-15-5-9-19-29(25)30-20-10-6-16-26(23)30)2-4-14-24-27-17-7-11-21-31(27)32-22-12-8-18-28(24)32/h5-12,15-22H/q+2. The molecule has 0 atom stereocenters. The summed E-state index contributed by atoms with van der Waals surface area (Å²) in [6.07, 6.45) is 16.8. The third-order valence-corrected chi connectivity index (χ3v) is 5.93. The zero-order valence-electron chi connectivity index (χ0n) is 17.2. The Kier molecular flexibility index (Phi) is 4.26. The van der Waals surface area contributed by atoms with Crippen molar-refractivity contribution < 1.29 is 0 Å². The lowest BCUT2D eigenvalue weighted by Crippen LogP contribution is -1.96. The molecule has 0 amide bonds. The van der Waals surface area contributed by atoms with Crippen LogP contribution in [0.5, 0.6) is 0 Å². The van der Waals surface area contributed by atoms with Gasteiger partial charge in [0, 0.05) is 60.1 Å². The lowest BCUT2D eigenvalue weighted by molar-refractivity contribution is 1.33. The Morgan fingerprint density at radius 3 is 2.31 bits per heavy atom. The molecule has 32 heavy (non-hydrogen) atoms. The number of hydrogen-bond donors (Lipinski definition) is 0. The van der Waals surface area contributed by atoms with Crippen molar-refractivity contribution in [3.63, 3.8) is 0 Å². The zero-order valence-corrected chi connectivity index (χ0v) is 17.2. The first kappa shape index (κ1) is 18.1. The van der Waals surface area contributed by atoms with Gasteiger partial charge in [0.2, 0.25) is 0 Å². The minimum Gasteiger partial charge on any atom is -0.0607 e. The van der Waals surface area contributed by atoms with Crippen molar-refractivity contribution in [1.82, 2.24) is 0 Å². The average molecular weight is 400 g/mol. The largest absolute Gasteiger partial charge is 0.122 e. The number of rotatable bonds is 0. The molecule has 0 N–H and O–H groups in total. The van der Waals surface area contributed by atoms with Crippen LogP contribution < -0.4 is 0 Å². The fourth-order valence-corrected chi connectivity index (χ4v) is 4.55. The fourth-order valence-electron chi connectivity index (χ4n) is 4.55. The first-order valence-corrected chi connectivity index (χ1v) is 10.6. The predicted molar refractivity (Wildman–Crippen MR) is 132 cm³/mol. The molecule has 0 spiro atoms. The summed E-state index contributed by atoms with van der Waals surface area (Å²) in [5.41, 5.74) is 10.4. The first-order chi connectivity index (χ1) is 15.9. The van der Waals surface area contributed by atoms with E-state index in [0.29, 0.717) is 0 Å². The van der Waals surface area contributed by atoms with E-state index in [-0.39, 0.29) is 0 Å². The predicted octanol–water partition coefficient (Wildman–Crippen LogP) is 6.14. The number of hydrogen-bond acceptors (Lipinski definition) is 0. The Balaban J connectivity index is 1.31. The molecule has 0 saturated heterocycles. The molecule has 0 aromatic heterocycles. The third-order valence-electron chi connectivity index (χ3n) is 5.93. The highest BCUT2D eigenvalue weighted by molar-refractivity contribution is 6.07. The molecule has 0 saturated carbocycles. The molecule has 0 unspecified atom stereocenters. The highest BCUT2D eigenvalue weighted by Crippen LogP contribution is 2.44. The van der Waals surface area contributed by atoms with Crippen molar-refractivity contribution in [2.24, 2.45) is 0 Å². The zero-order chi connectivity index (χ0) is 21.3. The normalized spacial score (nSPS) is 15.8. The van der Waals surface area contributed by atoms with Crippen molar-refractivity contribution in [1.29, 1.82) is 0 Å². The van der Waals surface area contributed by atoms with Gasteiger partial charge < -0.3 is 0 Å². The molecule has 0 nitrogen and oxygen atoms in total. The van der Waals surface area contributed by atoms with Gasteiger partial charge in [0.25, 0.3) is 0 Å². The maximum atomic E-state index is 3.27. The Labute approximate surface area is 189 Å². The second-order valence-corrected chi connectivity index (χ2v) is 7.68. The van der Waals surface area contributed by atoms with Gasteiger partial charge >= 0.3 is 0 Å². The van der Waals surface area contributed by atoms with Crippen LogP contribution in [0, 0.1) is 47.9 Å². The van der Waals surface area contributed by atoms with Crippen LogP contribution in [0.1, 0.15) is 22.3 Å². The van der Waals surface area contributed by atoms with Crippen LogP contribution in [0.2, 0.25) is 0 Å². The van der Waals surface area contributed by atoms with Gasteiger partial charge in [-0.1, -0.05) is 12.1 Å². The molecule has 0 heterocycles. The summed E-state index contributed by atoms with van der Waals surface area (Å²) < 4.78 is 0. The smallest absolute Gasteiger partial charge is 0.0607 e. The third kappa shape index (κ3) is 2.86. The Morgan fingerprint density at radius 1 is 0.688 bits per heavy atom. The summed E-state index contributed by atoms with van der Waals surface area (Å²) in [4.78, 5) is 0. The topological polar surface area (TPSA) is 0 Å². The maximum absolute atomic E-state index is 3.27. The lowest BCUT2D eigenvalue weighted by atomic mass is 9.92. The number of fused-ring (bicyclic) bond motifs is 6. The van der Waals surface area contributed by atoms with Crippen molar-refractivity contribution in [3.05, 3.63) is 137 Å². The molecule has 2 aromatic rings. The molecule has 6 rings (SSSR count). The molecule has 142 valence electrons. The Hall–Kier alpha value is -4.70. The van der Waals surface area contributed by atoms with E-state index in [1.165, 1.54) is 44.9 Å². The second-order valence-electron chi connectivity index (χ2n) is 7.68. The average Bonchev–Trinajstić information content (AvgIpc) is 3.35. The number of benzene rings is 2. The summed E-state index contributed by atoms with van der Waals surface area (Å²) in [6.45, 7) is 0. The van der Waals surface area contributed by atoms with Crippen molar-refractivity contribution in [2.75, 3.05) is 0 Å². The van der Waals surface area contributed by atoms with E-state index in [2.05, 4.69) is 133 Å². The molecular formula is C32H16+2. The monoisotopic (exact) mass is 400 g/mol. The van der Waals surface area contributed by atoms with E-state index >= 15 is 0 Å². The summed E-state index contributed by atoms with van der Waals surface area (Å²) in [5, 5.41) is 0. The van der Waals surface area contributed by atoms with Gasteiger partial charge in [0.05, 0.1) is 33.8 Å². The Bertz CT molecular complexity index is 1510. The van der Waals surface area contributed by atoms with Crippen LogP contribution in [0.25, 0.3) is 16.7 Å². The summed E-state index contributed by atoms with van der Waals surface area (Å²) in [7, 11) is 0. The van der Waals surface area contributed by atoms with E-state index in [9.17, 15) is 0 Å². The van der Waals surface area contributed by atoms with E-state index in [4.69, 9.17) is 0 Å². The fraction of sp³-hybridized carbons (Fsp3) is 0. The van der Waals surface area contributed by atoms with Crippen LogP contribution in [-0.2, 0) is 0 Å². The van der Waals surface area contributed by atoms with E-state index in [1.807, 2.05) is 0 Å². The van der Waals surface area contributed by atoms with Crippen LogP contribution in [-0.4, -0.2) is 0 Å². The molecule has 0 aliphatic heterocycles. The van der Waals surface area contributed by atoms with Gasteiger partial charge in [-0.15, -0.1) is 0 Å². The molecule has 0 heteroatoms. The van der Waals surface area contributed by atoms with Crippen LogP contribution in [0.15, 0.2) is 102 Å². The molecule has 4 aliphatic rings. The summed E-state index contributed by atoms with van der Waals surface area (Å²) >= 11 is 0. The molecule has 0 fully saturated rings. The van der Waals surface area contributed by atoms with Gasteiger partial charge in [-0.05, 0) is 66.3 Å².